The van der Waals surface area contributed by atoms with Crippen molar-refractivity contribution in [2.45, 2.75) is 17.9 Å². The summed E-state index contributed by atoms with van der Waals surface area (Å²) in [7, 11) is 0. The van der Waals surface area contributed by atoms with Crippen LogP contribution in [0.25, 0.3) is 10.6 Å². The number of pyridine rings is 1. The van der Waals surface area contributed by atoms with Gasteiger partial charge in [-0.1, -0.05) is 30.0 Å². The minimum atomic E-state index is -0.977. The quantitative estimate of drug-likeness (QED) is 0.333. The third-order valence-corrected chi connectivity index (χ3v) is 7.15. The number of esters is 1. The molecule has 0 fully saturated rings. The second-order valence-electron chi connectivity index (χ2n) is 7.46. The molecule has 0 amide bonds. The van der Waals surface area contributed by atoms with Gasteiger partial charge in [0.15, 0.2) is 0 Å². The summed E-state index contributed by atoms with van der Waals surface area (Å²) >= 11 is 2.71. The molecule has 0 spiro atoms. The number of nitrogens with two attached hydrogens (primary N) is 1. The van der Waals surface area contributed by atoms with E-state index in [1.165, 1.54) is 41.3 Å². The van der Waals surface area contributed by atoms with E-state index in [4.69, 9.17) is 15.2 Å². The molecule has 1 aliphatic rings. The van der Waals surface area contributed by atoms with Gasteiger partial charge in [0.25, 0.3) is 0 Å². The molecule has 36 heavy (non-hydrogen) atoms. The number of thiophene rings is 1. The van der Waals surface area contributed by atoms with E-state index in [0.717, 1.165) is 4.88 Å². The van der Waals surface area contributed by atoms with Gasteiger partial charge in [0.2, 0.25) is 5.88 Å². The Bertz CT molecular complexity index is 1450. The summed E-state index contributed by atoms with van der Waals surface area (Å²) in [6.07, 6.45) is 0. The first-order chi connectivity index (χ1) is 17.5. The van der Waals surface area contributed by atoms with Gasteiger partial charge >= 0.3 is 5.97 Å². The summed E-state index contributed by atoms with van der Waals surface area (Å²) in [4.78, 5) is 18.7. The van der Waals surface area contributed by atoms with Crippen molar-refractivity contribution in [1.29, 1.82) is 10.5 Å². The number of rotatable bonds is 7. The smallest absolute Gasteiger partial charge is 0.338 e. The standard InChI is InChI=1S/C26H19FN4O3S2/c1-2-33-26(32)23-20(34-24(30)18(13-29)22(23)15-5-3-6-17(27)11-15)14-36-25-16(12-28)8-9-19(31-25)21-7-4-10-35-21/h3-11,22H,2,14,30H2,1H3. The Balaban J connectivity index is 1.77. The normalized spacial score (nSPS) is 15.2. The summed E-state index contributed by atoms with van der Waals surface area (Å²) in [6, 6.07) is 17.0. The van der Waals surface area contributed by atoms with Crippen LogP contribution in [-0.4, -0.2) is 23.3 Å². The molecule has 3 heterocycles. The largest absolute Gasteiger partial charge is 0.463 e. The lowest BCUT2D eigenvalue weighted by molar-refractivity contribution is -0.139. The van der Waals surface area contributed by atoms with Crippen molar-refractivity contribution in [3.05, 3.63) is 93.6 Å². The number of allylic oxidation sites excluding steroid dienone is 1. The van der Waals surface area contributed by atoms with E-state index in [0.29, 0.717) is 21.8 Å². The highest BCUT2D eigenvalue weighted by atomic mass is 32.2. The lowest BCUT2D eigenvalue weighted by Crippen LogP contribution is -2.27. The Morgan fingerprint density at radius 2 is 2.08 bits per heavy atom. The zero-order chi connectivity index (χ0) is 25.7. The predicted octanol–water partition coefficient (Wildman–Crippen LogP) is 5.24. The molecule has 10 heteroatoms. The first-order valence-electron chi connectivity index (χ1n) is 10.8. The van der Waals surface area contributed by atoms with E-state index in [-0.39, 0.29) is 35.1 Å². The summed E-state index contributed by atoms with van der Waals surface area (Å²) in [5.74, 6) is -2.18. The summed E-state index contributed by atoms with van der Waals surface area (Å²) in [5, 5.41) is 21.8. The molecule has 7 nitrogen and oxygen atoms in total. The molecular formula is C26H19FN4O3S2. The van der Waals surface area contributed by atoms with E-state index in [2.05, 4.69) is 11.1 Å². The van der Waals surface area contributed by atoms with E-state index in [1.54, 1.807) is 25.1 Å². The molecule has 3 aromatic rings. The molecule has 4 rings (SSSR count). The summed E-state index contributed by atoms with van der Waals surface area (Å²) in [6.45, 7) is 1.74. The molecule has 2 N–H and O–H groups in total. The maximum atomic E-state index is 14.1. The Morgan fingerprint density at radius 3 is 2.75 bits per heavy atom. The van der Waals surface area contributed by atoms with Crippen LogP contribution in [0.5, 0.6) is 0 Å². The number of thioether (sulfide) groups is 1. The Labute approximate surface area is 215 Å². The average molecular weight is 519 g/mol. The number of carbonyl (C=O) groups excluding carboxylic acids is 1. The van der Waals surface area contributed by atoms with Gasteiger partial charge in [-0.2, -0.15) is 10.5 Å². The minimum Gasteiger partial charge on any atom is -0.463 e. The number of nitriles is 2. The van der Waals surface area contributed by atoms with Gasteiger partial charge in [0, 0.05) is 0 Å². The van der Waals surface area contributed by atoms with Crippen molar-refractivity contribution in [1.82, 2.24) is 4.98 Å². The maximum absolute atomic E-state index is 14.1. The SMILES string of the molecule is CCOC(=O)C1=C(CSc2nc(-c3cccs3)ccc2C#N)OC(N)=C(C#N)C1c1cccc(F)c1. The first-order valence-corrected chi connectivity index (χ1v) is 12.6. The monoisotopic (exact) mass is 518 g/mol. The van der Waals surface area contributed by atoms with Crippen molar-refractivity contribution in [3.8, 4) is 22.7 Å². The zero-order valence-electron chi connectivity index (χ0n) is 19.0. The van der Waals surface area contributed by atoms with Crippen LogP contribution in [0, 0.1) is 28.5 Å². The van der Waals surface area contributed by atoms with Crippen molar-refractivity contribution in [2.75, 3.05) is 12.4 Å². The number of halogens is 1. The molecule has 180 valence electrons. The number of carbonyl (C=O) groups is 1. The van der Waals surface area contributed by atoms with E-state index < -0.39 is 17.7 Å². The molecule has 0 aliphatic carbocycles. The van der Waals surface area contributed by atoms with E-state index >= 15 is 0 Å². The van der Waals surface area contributed by atoms with Crippen molar-refractivity contribution in [3.63, 3.8) is 0 Å². The fraction of sp³-hybridized carbons (Fsp3) is 0.154. The highest BCUT2D eigenvalue weighted by Gasteiger charge is 2.38. The molecule has 0 saturated carbocycles. The van der Waals surface area contributed by atoms with E-state index in [1.807, 2.05) is 23.6 Å². The number of benzene rings is 1. The van der Waals surface area contributed by atoms with Gasteiger partial charge in [0.05, 0.1) is 40.0 Å². The van der Waals surface area contributed by atoms with Gasteiger partial charge in [0.1, 0.15) is 34.3 Å². The number of hydrogen-bond donors (Lipinski definition) is 1. The number of ether oxygens (including phenoxy) is 2. The molecule has 0 radical (unpaired) electrons. The third kappa shape index (κ3) is 5.10. The molecule has 2 aromatic heterocycles. The van der Waals surface area contributed by atoms with Crippen LogP contribution in [-0.2, 0) is 14.3 Å². The minimum absolute atomic E-state index is 0.0204. The molecule has 1 atom stereocenters. The van der Waals surface area contributed by atoms with Crippen molar-refractivity contribution in [2.24, 2.45) is 5.73 Å². The predicted molar refractivity (Wildman–Crippen MR) is 134 cm³/mol. The summed E-state index contributed by atoms with van der Waals surface area (Å²) < 4.78 is 25.1. The highest BCUT2D eigenvalue weighted by Crippen LogP contribution is 2.41. The first kappa shape index (κ1) is 25.0. The molecule has 1 aromatic carbocycles. The maximum Gasteiger partial charge on any atom is 0.338 e. The third-order valence-electron chi connectivity index (χ3n) is 5.27. The van der Waals surface area contributed by atoms with Gasteiger partial charge in [-0.3, -0.25) is 0 Å². The molecular weight excluding hydrogens is 499 g/mol. The fourth-order valence-corrected chi connectivity index (χ4v) is 5.32. The van der Waals surface area contributed by atoms with Crippen LogP contribution >= 0.6 is 23.1 Å². The Kier molecular flexibility index (Phi) is 7.69. The lowest BCUT2D eigenvalue weighted by Gasteiger charge is -2.28. The number of nitrogens with zero attached hydrogens (tertiary/aromatic N) is 3. The van der Waals surface area contributed by atoms with Crippen LogP contribution in [0.1, 0.15) is 24.0 Å². The van der Waals surface area contributed by atoms with Crippen LogP contribution in [0.15, 0.2) is 81.7 Å². The molecule has 1 aliphatic heterocycles. The Morgan fingerprint density at radius 1 is 1.25 bits per heavy atom. The van der Waals surface area contributed by atoms with Crippen LogP contribution in [0.2, 0.25) is 0 Å². The lowest BCUT2D eigenvalue weighted by atomic mass is 9.83. The number of aromatic nitrogens is 1. The van der Waals surface area contributed by atoms with E-state index in [9.17, 15) is 19.7 Å². The van der Waals surface area contributed by atoms with Crippen LogP contribution in [0.3, 0.4) is 0 Å². The molecule has 0 saturated heterocycles. The topological polar surface area (TPSA) is 122 Å². The molecule has 1 unspecified atom stereocenters. The second-order valence-corrected chi connectivity index (χ2v) is 9.38. The Hall–Kier alpha value is -4.12. The van der Waals surface area contributed by atoms with Gasteiger partial charge in [-0.25, -0.2) is 14.2 Å². The second kappa shape index (κ2) is 11.1. The number of hydrogen-bond acceptors (Lipinski definition) is 9. The molecule has 0 bridgehead atoms. The van der Waals surface area contributed by atoms with Crippen molar-refractivity contribution < 1.29 is 18.7 Å². The van der Waals surface area contributed by atoms with Crippen LogP contribution < -0.4 is 5.73 Å². The van der Waals surface area contributed by atoms with Gasteiger partial charge in [-0.15, -0.1) is 11.3 Å². The fourth-order valence-electron chi connectivity index (χ4n) is 3.71. The van der Waals surface area contributed by atoms with Gasteiger partial charge in [-0.05, 0) is 48.2 Å². The van der Waals surface area contributed by atoms with Crippen molar-refractivity contribution >= 4 is 29.1 Å². The van der Waals surface area contributed by atoms with Gasteiger partial charge < -0.3 is 15.2 Å². The van der Waals surface area contributed by atoms with Crippen LogP contribution in [0.4, 0.5) is 4.39 Å². The zero-order valence-corrected chi connectivity index (χ0v) is 20.7. The highest BCUT2D eigenvalue weighted by molar-refractivity contribution is 7.99. The average Bonchev–Trinajstić information content (AvgIpc) is 3.42. The summed E-state index contributed by atoms with van der Waals surface area (Å²) in [5.41, 5.74) is 7.53.